The van der Waals surface area contributed by atoms with Crippen LogP contribution in [0.25, 0.3) is 0 Å². The number of nitrogens with zero attached hydrogens (tertiary/aromatic N) is 1. The molecule has 0 aromatic carbocycles. The Morgan fingerprint density at radius 3 is 2.58 bits per heavy atom. The molecule has 1 rings (SSSR count). The second kappa shape index (κ2) is 3.92. The minimum absolute atomic E-state index is 0.596. The Morgan fingerprint density at radius 2 is 2.17 bits per heavy atom. The Morgan fingerprint density at radius 1 is 1.58 bits per heavy atom. The first kappa shape index (κ1) is 9.56. The third kappa shape index (κ3) is 2.50. The summed E-state index contributed by atoms with van der Waals surface area (Å²) in [7, 11) is 2.05. The molecule has 1 atom stereocenters. The summed E-state index contributed by atoms with van der Waals surface area (Å²) in [6, 6.07) is 0. The molecule has 1 unspecified atom stereocenters. The molecule has 1 aliphatic carbocycles. The van der Waals surface area contributed by atoms with Crippen molar-refractivity contribution >= 4 is 5.84 Å². The second-order valence-corrected chi connectivity index (χ2v) is 4.05. The minimum atomic E-state index is 0.596. The summed E-state index contributed by atoms with van der Waals surface area (Å²) in [5, 5.41) is 7.81. The van der Waals surface area contributed by atoms with Crippen molar-refractivity contribution in [3.8, 4) is 0 Å². The Balaban J connectivity index is 2.26. The molecule has 12 heavy (non-hydrogen) atoms. The van der Waals surface area contributed by atoms with Crippen molar-refractivity contribution in [2.45, 2.75) is 33.1 Å². The molecule has 0 spiro atoms. The van der Waals surface area contributed by atoms with E-state index in [2.05, 4.69) is 18.7 Å². The lowest BCUT2D eigenvalue weighted by Crippen LogP contribution is -2.31. The van der Waals surface area contributed by atoms with Gasteiger partial charge in [-0.2, -0.15) is 0 Å². The lowest BCUT2D eigenvalue weighted by atomic mass is 10.1. The van der Waals surface area contributed by atoms with Gasteiger partial charge in [0.25, 0.3) is 0 Å². The standard InChI is InChI=1S/C10H20N2/c1-4-8(2)7-12(3)10(11)9-5-6-9/h8-9,11H,4-7H2,1-3H3. The molecule has 1 aliphatic rings. The minimum Gasteiger partial charge on any atom is -0.363 e. The van der Waals surface area contributed by atoms with Gasteiger partial charge >= 0.3 is 0 Å². The molecular weight excluding hydrogens is 148 g/mol. The van der Waals surface area contributed by atoms with Gasteiger partial charge in [-0.3, -0.25) is 5.41 Å². The molecule has 2 nitrogen and oxygen atoms in total. The number of nitrogens with one attached hydrogen (secondary N) is 1. The van der Waals surface area contributed by atoms with Gasteiger partial charge < -0.3 is 4.90 Å². The third-order valence-corrected chi connectivity index (χ3v) is 2.66. The van der Waals surface area contributed by atoms with E-state index in [1.165, 1.54) is 19.3 Å². The molecule has 70 valence electrons. The molecule has 0 radical (unpaired) electrons. The molecule has 0 aromatic heterocycles. The summed E-state index contributed by atoms with van der Waals surface area (Å²) < 4.78 is 0. The van der Waals surface area contributed by atoms with Crippen molar-refractivity contribution in [3.63, 3.8) is 0 Å². The predicted octanol–water partition coefficient (Wildman–Crippen LogP) is 2.35. The topological polar surface area (TPSA) is 27.1 Å². The van der Waals surface area contributed by atoms with E-state index in [0.29, 0.717) is 11.8 Å². The highest BCUT2D eigenvalue weighted by molar-refractivity contribution is 5.83. The first-order chi connectivity index (χ1) is 5.65. The van der Waals surface area contributed by atoms with Crippen molar-refractivity contribution < 1.29 is 0 Å². The fraction of sp³-hybridized carbons (Fsp3) is 0.900. The molecule has 0 bridgehead atoms. The van der Waals surface area contributed by atoms with Crippen LogP contribution >= 0.6 is 0 Å². The normalized spacial score (nSPS) is 18.9. The molecule has 1 saturated carbocycles. The largest absolute Gasteiger partial charge is 0.363 e. The highest BCUT2D eigenvalue weighted by Gasteiger charge is 2.28. The molecule has 0 amide bonds. The fourth-order valence-electron chi connectivity index (χ4n) is 1.36. The lowest BCUT2D eigenvalue weighted by molar-refractivity contribution is 0.386. The van der Waals surface area contributed by atoms with Crippen molar-refractivity contribution in [2.75, 3.05) is 13.6 Å². The van der Waals surface area contributed by atoms with Gasteiger partial charge in [0.1, 0.15) is 0 Å². The van der Waals surface area contributed by atoms with Crippen molar-refractivity contribution in [3.05, 3.63) is 0 Å². The molecule has 0 aliphatic heterocycles. The Labute approximate surface area is 75.5 Å². The molecule has 1 fully saturated rings. The average Bonchev–Trinajstić information content (AvgIpc) is 2.85. The van der Waals surface area contributed by atoms with Gasteiger partial charge in [0, 0.05) is 19.5 Å². The summed E-state index contributed by atoms with van der Waals surface area (Å²) in [6.45, 7) is 5.50. The van der Waals surface area contributed by atoms with E-state index in [9.17, 15) is 0 Å². The zero-order valence-corrected chi connectivity index (χ0v) is 8.43. The van der Waals surface area contributed by atoms with Crippen LogP contribution in [0.2, 0.25) is 0 Å². The zero-order valence-electron chi connectivity index (χ0n) is 8.43. The maximum atomic E-state index is 7.81. The molecule has 0 aromatic rings. The number of hydrogen-bond donors (Lipinski definition) is 1. The number of amidine groups is 1. The monoisotopic (exact) mass is 168 g/mol. The van der Waals surface area contributed by atoms with Crippen molar-refractivity contribution in [1.82, 2.24) is 4.90 Å². The molecule has 2 heteroatoms. The smallest absolute Gasteiger partial charge is 0.0986 e. The SMILES string of the molecule is CCC(C)CN(C)C(=N)C1CC1. The van der Waals surface area contributed by atoms with E-state index in [4.69, 9.17) is 5.41 Å². The van der Waals surface area contributed by atoms with Crippen molar-refractivity contribution in [2.24, 2.45) is 11.8 Å². The summed E-state index contributed by atoms with van der Waals surface area (Å²) in [5.74, 6) is 2.17. The molecule has 0 heterocycles. The van der Waals surface area contributed by atoms with Crippen LogP contribution in [0.1, 0.15) is 33.1 Å². The van der Waals surface area contributed by atoms with Crippen LogP contribution in [0.4, 0.5) is 0 Å². The van der Waals surface area contributed by atoms with Gasteiger partial charge in [-0.25, -0.2) is 0 Å². The average molecular weight is 168 g/mol. The third-order valence-electron chi connectivity index (χ3n) is 2.66. The Kier molecular flexibility index (Phi) is 3.12. The van der Waals surface area contributed by atoms with Gasteiger partial charge in [0.15, 0.2) is 0 Å². The highest BCUT2D eigenvalue weighted by atomic mass is 15.1. The second-order valence-electron chi connectivity index (χ2n) is 4.05. The van der Waals surface area contributed by atoms with Crippen LogP contribution in [-0.4, -0.2) is 24.3 Å². The summed E-state index contributed by atoms with van der Waals surface area (Å²) in [6.07, 6.45) is 3.69. The Bertz CT molecular complexity index is 161. The quantitative estimate of drug-likeness (QED) is 0.506. The van der Waals surface area contributed by atoms with E-state index in [1.54, 1.807) is 0 Å². The summed E-state index contributed by atoms with van der Waals surface area (Å²) in [5.41, 5.74) is 0. The Hall–Kier alpha value is -0.530. The van der Waals surface area contributed by atoms with Crippen LogP contribution in [0, 0.1) is 17.2 Å². The zero-order chi connectivity index (χ0) is 9.14. The fourth-order valence-corrected chi connectivity index (χ4v) is 1.36. The first-order valence-electron chi connectivity index (χ1n) is 4.94. The van der Waals surface area contributed by atoms with Gasteiger partial charge in [0.05, 0.1) is 5.84 Å². The van der Waals surface area contributed by atoms with Gasteiger partial charge in [0.2, 0.25) is 0 Å². The van der Waals surface area contributed by atoms with Crippen LogP contribution in [0.3, 0.4) is 0 Å². The van der Waals surface area contributed by atoms with Gasteiger partial charge in [-0.15, -0.1) is 0 Å². The van der Waals surface area contributed by atoms with Gasteiger partial charge in [-0.05, 0) is 18.8 Å². The number of hydrogen-bond acceptors (Lipinski definition) is 1. The van der Waals surface area contributed by atoms with Crippen LogP contribution in [-0.2, 0) is 0 Å². The summed E-state index contributed by atoms with van der Waals surface area (Å²) in [4.78, 5) is 2.12. The van der Waals surface area contributed by atoms with Crippen LogP contribution in [0.15, 0.2) is 0 Å². The van der Waals surface area contributed by atoms with Crippen LogP contribution in [0.5, 0.6) is 0 Å². The van der Waals surface area contributed by atoms with Crippen molar-refractivity contribution in [1.29, 1.82) is 5.41 Å². The maximum absolute atomic E-state index is 7.81. The molecule has 1 N–H and O–H groups in total. The molecular formula is C10H20N2. The van der Waals surface area contributed by atoms with E-state index in [1.807, 2.05) is 7.05 Å². The first-order valence-corrected chi connectivity index (χ1v) is 4.94. The van der Waals surface area contributed by atoms with E-state index in [-0.39, 0.29) is 0 Å². The maximum Gasteiger partial charge on any atom is 0.0986 e. The van der Waals surface area contributed by atoms with Gasteiger partial charge in [-0.1, -0.05) is 20.3 Å². The lowest BCUT2D eigenvalue weighted by Gasteiger charge is -2.23. The van der Waals surface area contributed by atoms with E-state index >= 15 is 0 Å². The summed E-state index contributed by atoms with van der Waals surface area (Å²) >= 11 is 0. The predicted molar refractivity (Wildman–Crippen MR) is 52.5 cm³/mol. The van der Waals surface area contributed by atoms with E-state index < -0.39 is 0 Å². The number of rotatable bonds is 4. The highest BCUT2D eigenvalue weighted by Crippen LogP contribution is 2.31. The van der Waals surface area contributed by atoms with E-state index in [0.717, 1.165) is 12.4 Å². The van der Waals surface area contributed by atoms with Crippen LogP contribution < -0.4 is 0 Å². The molecule has 0 saturated heterocycles.